The van der Waals surface area contributed by atoms with Gasteiger partial charge in [-0.15, -0.1) is 11.8 Å². The molecule has 18 heavy (non-hydrogen) atoms. The fourth-order valence-electron chi connectivity index (χ4n) is 1.54. The number of nitrogens with one attached hydrogen (secondary N) is 1. The summed E-state index contributed by atoms with van der Waals surface area (Å²) < 4.78 is 36.2. The van der Waals surface area contributed by atoms with Gasteiger partial charge in [0.1, 0.15) is 6.04 Å². The molecule has 1 rings (SSSR count). The Balaban J connectivity index is 2.52. The first-order chi connectivity index (χ1) is 8.20. The zero-order valence-electron chi connectivity index (χ0n) is 9.53. The molecule has 2 N–H and O–H groups in total. The molecule has 0 aromatic heterocycles. The third-order valence-electron chi connectivity index (χ3n) is 2.34. The van der Waals surface area contributed by atoms with Gasteiger partial charge in [-0.05, 0) is 6.92 Å². The van der Waals surface area contributed by atoms with Gasteiger partial charge in [-0.2, -0.15) is 13.2 Å². The molecule has 1 aliphatic rings. The SMILES string of the molecule is CC(CC(F)(F)F)NC(=O)N1CSCC1C(=O)O. The Labute approximate surface area is 106 Å². The minimum absolute atomic E-state index is 0.168. The molecule has 1 heterocycles. The molecule has 2 amide bonds. The summed E-state index contributed by atoms with van der Waals surface area (Å²) >= 11 is 1.25. The Morgan fingerprint density at radius 2 is 2.17 bits per heavy atom. The Kier molecular flexibility index (Phi) is 4.71. The van der Waals surface area contributed by atoms with E-state index in [2.05, 4.69) is 5.32 Å². The molecule has 1 aliphatic heterocycles. The fraction of sp³-hybridized carbons (Fsp3) is 0.778. The quantitative estimate of drug-likeness (QED) is 0.825. The number of alkyl halides is 3. The van der Waals surface area contributed by atoms with Crippen molar-refractivity contribution in [1.29, 1.82) is 0 Å². The van der Waals surface area contributed by atoms with E-state index in [0.717, 1.165) is 4.90 Å². The van der Waals surface area contributed by atoms with Crippen LogP contribution in [0.3, 0.4) is 0 Å². The molecule has 104 valence electrons. The van der Waals surface area contributed by atoms with Crippen LogP contribution in [0.1, 0.15) is 13.3 Å². The van der Waals surface area contributed by atoms with E-state index in [9.17, 15) is 22.8 Å². The Bertz CT molecular complexity index is 338. The van der Waals surface area contributed by atoms with Crippen molar-refractivity contribution in [2.75, 3.05) is 11.6 Å². The van der Waals surface area contributed by atoms with Crippen molar-refractivity contribution in [2.24, 2.45) is 0 Å². The van der Waals surface area contributed by atoms with Gasteiger partial charge < -0.3 is 15.3 Å². The third kappa shape index (κ3) is 4.28. The van der Waals surface area contributed by atoms with E-state index in [1.165, 1.54) is 18.7 Å². The van der Waals surface area contributed by atoms with Gasteiger partial charge in [0.25, 0.3) is 0 Å². The average molecular weight is 286 g/mol. The maximum Gasteiger partial charge on any atom is 0.391 e. The molecule has 0 spiro atoms. The second-order valence-electron chi connectivity index (χ2n) is 3.99. The van der Waals surface area contributed by atoms with Crippen LogP contribution in [0.15, 0.2) is 0 Å². The lowest BCUT2D eigenvalue weighted by atomic mass is 10.2. The smallest absolute Gasteiger partial charge is 0.391 e. The summed E-state index contributed by atoms with van der Waals surface area (Å²) in [4.78, 5) is 23.5. The molecule has 2 unspecified atom stereocenters. The zero-order chi connectivity index (χ0) is 13.9. The molecule has 0 saturated carbocycles. The van der Waals surface area contributed by atoms with Gasteiger partial charge in [-0.1, -0.05) is 0 Å². The maximum atomic E-state index is 12.1. The second kappa shape index (κ2) is 5.68. The maximum absolute atomic E-state index is 12.1. The lowest BCUT2D eigenvalue weighted by Gasteiger charge is -2.24. The largest absolute Gasteiger partial charge is 0.480 e. The van der Waals surface area contributed by atoms with Crippen molar-refractivity contribution < 1.29 is 27.9 Å². The number of halogens is 3. The number of carboxylic acids is 1. The topological polar surface area (TPSA) is 69.6 Å². The normalized spacial score (nSPS) is 21.8. The molecule has 0 aromatic rings. The van der Waals surface area contributed by atoms with Gasteiger partial charge in [-0.3, -0.25) is 0 Å². The molecule has 0 aliphatic carbocycles. The van der Waals surface area contributed by atoms with Gasteiger partial charge in [0.2, 0.25) is 0 Å². The number of amides is 2. The van der Waals surface area contributed by atoms with Gasteiger partial charge >= 0.3 is 18.2 Å². The van der Waals surface area contributed by atoms with E-state index >= 15 is 0 Å². The minimum atomic E-state index is -4.36. The number of aliphatic carboxylic acids is 1. The number of nitrogens with zero attached hydrogens (tertiary/aromatic N) is 1. The van der Waals surface area contributed by atoms with E-state index in [-0.39, 0.29) is 11.6 Å². The molecule has 5 nitrogen and oxygen atoms in total. The first-order valence-electron chi connectivity index (χ1n) is 5.15. The molecular weight excluding hydrogens is 273 g/mol. The molecule has 9 heteroatoms. The van der Waals surface area contributed by atoms with Crippen LogP contribution in [-0.2, 0) is 4.79 Å². The second-order valence-corrected chi connectivity index (χ2v) is 4.99. The predicted molar refractivity (Wildman–Crippen MR) is 59.3 cm³/mol. The first kappa shape index (κ1) is 14.9. The lowest BCUT2D eigenvalue weighted by Crippen LogP contribution is -2.49. The molecule has 2 atom stereocenters. The Morgan fingerprint density at radius 3 is 2.67 bits per heavy atom. The molecular formula is C9H13F3N2O3S. The van der Waals surface area contributed by atoms with Gasteiger partial charge in [-0.25, -0.2) is 9.59 Å². The monoisotopic (exact) mass is 286 g/mol. The highest BCUT2D eigenvalue weighted by molar-refractivity contribution is 7.99. The highest BCUT2D eigenvalue weighted by atomic mass is 32.2. The summed E-state index contributed by atoms with van der Waals surface area (Å²) in [6.07, 6.45) is -5.50. The molecule has 1 fully saturated rings. The van der Waals surface area contributed by atoms with Crippen LogP contribution in [0.2, 0.25) is 0 Å². The summed E-state index contributed by atoms with van der Waals surface area (Å²) in [5.41, 5.74) is 0. The zero-order valence-corrected chi connectivity index (χ0v) is 10.3. The highest BCUT2D eigenvalue weighted by Gasteiger charge is 2.36. The van der Waals surface area contributed by atoms with Gasteiger partial charge in [0.15, 0.2) is 0 Å². The average Bonchev–Trinajstić information content (AvgIpc) is 2.61. The standard InChI is InChI=1S/C9H13F3N2O3S/c1-5(2-9(10,11)12)13-8(17)14-4-18-3-6(14)7(15)16/h5-6H,2-4H2,1H3,(H,13,17)(H,15,16). The van der Waals surface area contributed by atoms with Crippen LogP contribution in [-0.4, -0.2) is 51.9 Å². The minimum Gasteiger partial charge on any atom is -0.480 e. The number of thioether (sulfide) groups is 1. The molecule has 0 radical (unpaired) electrons. The number of hydrogen-bond donors (Lipinski definition) is 2. The number of carbonyl (C=O) groups is 2. The lowest BCUT2D eigenvalue weighted by molar-refractivity contribution is -0.142. The number of urea groups is 1. The van der Waals surface area contributed by atoms with Gasteiger partial charge in [0.05, 0.1) is 12.3 Å². The Hall–Kier alpha value is -1.12. The van der Waals surface area contributed by atoms with Crippen LogP contribution in [0, 0.1) is 0 Å². The van der Waals surface area contributed by atoms with E-state index in [1.54, 1.807) is 0 Å². The summed E-state index contributed by atoms with van der Waals surface area (Å²) in [5, 5.41) is 11.0. The number of hydrogen-bond acceptors (Lipinski definition) is 3. The van der Waals surface area contributed by atoms with Crippen LogP contribution in [0.25, 0.3) is 0 Å². The molecule has 0 aromatic carbocycles. The van der Waals surface area contributed by atoms with Gasteiger partial charge in [0, 0.05) is 11.8 Å². The van der Waals surface area contributed by atoms with E-state index < -0.39 is 36.7 Å². The van der Waals surface area contributed by atoms with Crippen LogP contribution in [0.4, 0.5) is 18.0 Å². The van der Waals surface area contributed by atoms with Crippen molar-refractivity contribution >= 4 is 23.8 Å². The molecule has 1 saturated heterocycles. The van der Waals surface area contributed by atoms with Crippen molar-refractivity contribution in [1.82, 2.24) is 10.2 Å². The summed E-state index contributed by atoms with van der Waals surface area (Å²) in [6.45, 7) is 1.23. The summed E-state index contributed by atoms with van der Waals surface area (Å²) in [5.74, 6) is -0.739. The van der Waals surface area contributed by atoms with Crippen LogP contribution < -0.4 is 5.32 Å². The van der Waals surface area contributed by atoms with Crippen LogP contribution in [0.5, 0.6) is 0 Å². The fourth-order valence-corrected chi connectivity index (χ4v) is 2.68. The van der Waals surface area contributed by atoms with Crippen molar-refractivity contribution in [3.63, 3.8) is 0 Å². The Morgan fingerprint density at radius 1 is 1.56 bits per heavy atom. The number of rotatable bonds is 3. The number of carboxylic acid groups (broad SMARTS) is 1. The van der Waals surface area contributed by atoms with Crippen molar-refractivity contribution in [3.8, 4) is 0 Å². The van der Waals surface area contributed by atoms with E-state index in [0.29, 0.717) is 0 Å². The number of carbonyl (C=O) groups excluding carboxylic acids is 1. The highest BCUT2D eigenvalue weighted by Crippen LogP contribution is 2.23. The third-order valence-corrected chi connectivity index (χ3v) is 3.35. The van der Waals surface area contributed by atoms with Crippen molar-refractivity contribution in [3.05, 3.63) is 0 Å². The first-order valence-corrected chi connectivity index (χ1v) is 6.30. The molecule has 0 bridgehead atoms. The van der Waals surface area contributed by atoms with Crippen molar-refractivity contribution in [2.45, 2.75) is 31.6 Å². The van der Waals surface area contributed by atoms with E-state index in [4.69, 9.17) is 5.11 Å². The predicted octanol–water partition coefficient (Wildman–Crippen LogP) is 1.50. The van der Waals surface area contributed by atoms with E-state index in [1.807, 2.05) is 0 Å². The van der Waals surface area contributed by atoms with Crippen LogP contribution >= 0.6 is 11.8 Å². The summed E-state index contributed by atoms with van der Waals surface area (Å²) in [6, 6.07) is -2.84. The summed E-state index contributed by atoms with van der Waals surface area (Å²) in [7, 11) is 0.